The second kappa shape index (κ2) is 10.9. The molecule has 0 bridgehead atoms. The van der Waals surface area contributed by atoms with Crippen LogP contribution < -0.4 is 10.0 Å². The van der Waals surface area contributed by atoms with Gasteiger partial charge in [-0.05, 0) is 44.7 Å². The molecule has 0 aromatic heterocycles. The number of carbonyl (C=O) groups excluding carboxylic acids is 2. The molecule has 0 aliphatic carbocycles. The smallest absolute Gasteiger partial charge is 0.325 e. The highest BCUT2D eigenvalue weighted by Gasteiger charge is 2.35. The number of aryl methyl sites for hydroxylation is 1. The number of sulfonamides is 1. The van der Waals surface area contributed by atoms with Gasteiger partial charge in [0.1, 0.15) is 12.1 Å². The zero-order valence-corrected chi connectivity index (χ0v) is 19.8. The van der Waals surface area contributed by atoms with Crippen LogP contribution in [0.2, 0.25) is 0 Å². The van der Waals surface area contributed by atoms with Gasteiger partial charge in [0.15, 0.2) is 0 Å². The zero-order chi connectivity index (χ0) is 24.1. The van der Waals surface area contributed by atoms with Crippen LogP contribution in [0.4, 0.5) is 0 Å². The molecule has 2 rings (SSSR count). The van der Waals surface area contributed by atoms with E-state index in [9.17, 15) is 22.8 Å². The third-order valence-corrected chi connectivity index (χ3v) is 7.46. The topological polar surface area (TPSA) is 133 Å². The molecule has 1 fully saturated rings. The molecular weight excluding hydrogens is 434 g/mol. The van der Waals surface area contributed by atoms with Crippen molar-refractivity contribution >= 4 is 27.8 Å². The molecule has 1 aliphatic rings. The van der Waals surface area contributed by atoms with Crippen molar-refractivity contribution in [2.75, 3.05) is 13.1 Å². The summed E-state index contributed by atoms with van der Waals surface area (Å²) in [6.07, 6.45) is 1.39. The van der Waals surface area contributed by atoms with Gasteiger partial charge < -0.3 is 15.3 Å². The summed E-state index contributed by atoms with van der Waals surface area (Å²) in [7, 11) is -3.88. The number of rotatable bonds is 9. The molecule has 0 spiro atoms. The Kier molecular flexibility index (Phi) is 8.80. The van der Waals surface area contributed by atoms with Crippen LogP contribution in [-0.4, -0.2) is 61.4 Å². The van der Waals surface area contributed by atoms with Crippen molar-refractivity contribution in [1.29, 1.82) is 0 Å². The Morgan fingerprint density at radius 3 is 2.19 bits per heavy atom. The molecule has 9 nitrogen and oxygen atoms in total. The van der Waals surface area contributed by atoms with Crippen LogP contribution in [0.15, 0.2) is 29.2 Å². The Morgan fingerprint density at radius 1 is 1.12 bits per heavy atom. The number of benzene rings is 1. The molecule has 2 amide bonds. The lowest BCUT2D eigenvalue weighted by Crippen LogP contribution is -2.54. The third-order valence-electron chi connectivity index (χ3n) is 6.00. The fourth-order valence-electron chi connectivity index (χ4n) is 3.55. The molecule has 0 saturated carbocycles. The van der Waals surface area contributed by atoms with Crippen LogP contribution in [0.1, 0.15) is 45.6 Å². The van der Waals surface area contributed by atoms with Crippen molar-refractivity contribution in [3.63, 3.8) is 0 Å². The molecule has 10 heteroatoms. The molecular formula is C22H33N3O6S. The first-order valence-corrected chi connectivity index (χ1v) is 12.4. The Balaban J connectivity index is 2.07. The normalized spacial score (nSPS) is 17.9. The number of carbonyl (C=O) groups is 3. The molecule has 3 N–H and O–H groups in total. The van der Waals surface area contributed by atoms with E-state index in [0.717, 1.165) is 5.56 Å². The standard InChI is InChI=1S/C22H33N3O6S/c1-5-15(3)19(24-32(30,31)18-8-6-14(2)7-9-18)21(27)25-12-10-17(11-13-25)20(26)23-16(4)22(28)29/h6-9,15-17,19,24H,5,10-13H2,1-4H3,(H,23,26)(H,28,29)/t15-,16+,19-/m0/s1. The van der Waals surface area contributed by atoms with Gasteiger partial charge in [-0.25, -0.2) is 8.42 Å². The molecule has 1 aromatic carbocycles. The van der Waals surface area contributed by atoms with Crippen LogP contribution in [-0.2, 0) is 24.4 Å². The SMILES string of the molecule is CC[C@H](C)[C@H](NS(=O)(=O)c1ccc(C)cc1)C(=O)N1CCC(C(=O)N[C@H](C)C(=O)O)CC1. The van der Waals surface area contributed by atoms with E-state index in [-0.39, 0.29) is 28.5 Å². The first kappa shape index (κ1) is 25.8. The van der Waals surface area contributed by atoms with E-state index in [1.165, 1.54) is 19.1 Å². The summed E-state index contributed by atoms with van der Waals surface area (Å²) in [5.41, 5.74) is 0.933. The van der Waals surface area contributed by atoms with Crippen LogP contribution in [0.25, 0.3) is 0 Å². The first-order valence-electron chi connectivity index (χ1n) is 10.9. The van der Waals surface area contributed by atoms with Gasteiger partial charge in [-0.2, -0.15) is 4.72 Å². The molecule has 0 unspecified atom stereocenters. The molecule has 32 heavy (non-hydrogen) atoms. The minimum absolute atomic E-state index is 0.104. The molecule has 1 aromatic rings. The number of nitrogens with zero attached hydrogens (tertiary/aromatic N) is 1. The van der Waals surface area contributed by atoms with E-state index in [0.29, 0.717) is 32.4 Å². The van der Waals surface area contributed by atoms with Crippen LogP contribution in [0, 0.1) is 18.8 Å². The summed E-state index contributed by atoms with van der Waals surface area (Å²) in [5, 5.41) is 11.4. The number of nitrogens with one attached hydrogen (secondary N) is 2. The van der Waals surface area contributed by atoms with E-state index in [2.05, 4.69) is 10.0 Å². The highest BCUT2D eigenvalue weighted by molar-refractivity contribution is 7.89. The van der Waals surface area contributed by atoms with Gasteiger partial charge >= 0.3 is 5.97 Å². The second-order valence-corrected chi connectivity index (χ2v) is 10.2. The van der Waals surface area contributed by atoms with Gasteiger partial charge in [-0.15, -0.1) is 0 Å². The summed E-state index contributed by atoms with van der Waals surface area (Å²) < 4.78 is 28.3. The summed E-state index contributed by atoms with van der Waals surface area (Å²) in [4.78, 5) is 38.1. The highest BCUT2D eigenvalue weighted by atomic mass is 32.2. The van der Waals surface area contributed by atoms with Crippen molar-refractivity contribution in [3.05, 3.63) is 29.8 Å². The van der Waals surface area contributed by atoms with E-state index in [1.54, 1.807) is 17.0 Å². The van der Waals surface area contributed by atoms with Crippen molar-refractivity contribution in [2.24, 2.45) is 11.8 Å². The number of carboxylic acid groups (broad SMARTS) is 1. The van der Waals surface area contributed by atoms with Gasteiger partial charge in [0.25, 0.3) is 0 Å². The maximum absolute atomic E-state index is 13.2. The number of hydrogen-bond acceptors (Lipinski definition) is 5. The predicted octanol–water partition coefficient (Wildman–Crippen LogP) is 1.52. The van der Waals surface area contributed by atoms with Crippen LogP contribution in [0.5, 0.6) is 0 Å². The van der Waals surface area contributed by atoms with Crippen LogP contribution >= 0.6 is 0 Å². The van der Waals surface area contributed by atoms with Crippen molar-refractivity contribution in [3.8, 4) is 0 Å². The summed E-state index contributed by atoms with van der Waals surface area (Å²) >= 11 is 0. The minimum Gasteiger partial charge on any atom is -0.480 e. The molecule has 3 atom stereocenters. The zero-order valence-electron chi connectivity index (χ0n) is 19.0. The molecule has 1 aliphatic heterocycles. The van der Waals surface area contributed by atoms with Crippen molar-refractivity contribution in [2.45, 2.75) is 63.9 Å². The average Bonchev–Trinajstić information content (AvgIpc) is 2.76. The minimum atomic E-state index is -3.88. The van der Waals surface area contributed by atoms with E-state index in [4.69, 9.17) is 5.11 Å². The summed E-state index contributed by atoms with van der Waals surface area (Å²) in [6.45, 7) is 7.59. The number of piperidine rings is 1. The number of hydrogen-bond donors (Lipinski definition) is 3. The van der Waals surface area contributed by atoms with Gasteiger partial charge in [0.2, 0.25) is 21.8 Å². The quantitative estimate of drug-likeness (QED) is 0.504. The maximum atomic E-state index is 13.2. The van der Waals surface area contributed by atoms with Gasteiger partial charge in [0, 0.05) is 19.0 Å². The average molecular weight is 468 g/mol. The molecule has 1 heterocycles. The van der Waals surface area contributed by atoms with E-state index >= 15 is 0 Å². The molecule has 1 saturated heterocycles. The Morgan fingerprint density at radius 2 is 1.69 bits per heavy atom. The van der Waals surface area contributed by atoms with Crippen LogP contribution in [0.3, 0.4) is 0 Å². The monoisotopic (exact) mass is 467 g/mol. The van der Waals surface area contributed by atoms with Crippen molar-refractivity contribution in [1.82, 2.24) is 14.9 Å². The largest absolute Gasteiger partial charge is 0.480 e. The molecule has 178 valence electrons. The predicted molar refractivity (Wildman–Crippen MR) is 119 cm³/mol. The fraction of sp³-hybridized carbons (Fsp3) is 0.591. The summed E-state index contributed by atoms with van der Waals surface area (Å²) in [5.74, 6) is -2.37. The van der Waals surface area contributed by atoms with Gasteiger partial charge in [0.05, 0.1) is 4.90 Å². The third kappa shape index (κ3) is 6.52. The van der Waals surface area contributed by atoms with Gasteiger partial charge in [-0.1, -0.05) is 38.0 Å². The Labute approximate surface area is 189 Å². The highest BCUT2D eigenvalue weighted by Crippen LogP contribution is 2.22. The number of aliphatic carboxylic acids is 1. The number of carboxylic acids is 1. The lowest BCUT2D eigenvalue weighted by atomic mass is 9.93. The molecule has 0 radical (unpaired) electrons. The maximum Gasteiger partial charge on any atom is 0.325 e. The van der Waals surface area contributed by atoms with E-state index < -0.39 is 28.1 Å². The first-order chi connectivity index (χ1) is 15.0. The lowest BCUT2D eigenvalue weighted by Gasteiger charge is -2.35. The lowest BCUT2D eigenvalue weighted by molar-refractivity contribution is -0.142. The number of likely N-dealkylation sites (tertiary alicyclic amines) is 1. The van der Waals surface area contributed by atoms with Gasteiger partial charge in [-0.3, -0.25) is 14.4 Å². The Bertz CT molecular complexity index is 923. The van der Waals surface area contributed by atoms with E-state index in [1.807, 2.05) is 20.8 Å². The second-order valence-electron chi connectivity index (χ2n) is 8.47. The summed E-state index contributed by atoms with van der Waals surface area (Å²) in [6, 6.07) is 4.54. The number of amides is 2. The Hall–Kier alpha value is -2.46. The fourth-order valence-corrected chi connectivity index (χ4v) is 4.85. The van der Waals surface area contributed by atoms with Crippen molar-refractivity contribution < 1.29 is 27.9 Å².